The maximum absolute atomic E-state index is 12.1. The molecule has 1 rings (SSSR count). The van der Waals surface area contributed by atoms with Gasteiger partial charge in [-0.15, -0.1) is 0 Å². The second kappa shape index (κ2) is 7.45. The van der Waals surface area contributed by atoms with Crippen molar-refractivity contribution in [3.63, 3.8) is 0 Å². The Labute approximate surface area is 126 Å². The summed E-state index contributed by atoms with van der Waals surface area (Å²) in [6.07, 6.45) is 2.07. The third kappa shape index (κ3) is 5.75. The smallest absolute Gasteiger partial charge is 0.410 e. The number of aliphatic hydroxyl groups excluding tert-OH is 1. The van der Waals surface area contributed by atoms with Gasteiger partial charge in [-0.25, -0.2) is 4.79 Å². The number of amides is 2. The molecule has 21 heavy (non-hydrogen) atoms. The van der Waals surface area contributed by atoms with Gasteiger partial charge in [0.1, 0.15) is 5.60 Å². The molecule has 2 N–H and O–H groups in total. The van der Waals surface area contributed by atoms with E-state index in [2.05, 4.69) is 11.9 Å². The molecule has 6 nitrogen and oxygen atoms in total. The van der Waals surface area contributed by atoms with E-state index >= 15 is 0 Å². The van der Waals surface area contributed by atoms with Gasteiger partial charge in [0.2, 0.25) is 5.91 Å². The van der Waals surface area contributed by atoms with Crippen molar-refractivity contribution in [1.82, 2.24) is 10.2 Å². The van der Waals surface area contributed by atoms with E-state index in [1.807, 2.05) is 20.8 Å². The number of rotatable bonds is 3. The fraction of sp³-hybridized carbons (Fsp3) is 0.733. The zero-order valence-corrected chi connectivity index (χ0v) is 13.1. The molecule has 0 radical (unpaired) electrons. The van der Waals surface area contributed by atoms with Crippen molar-refractivity contribution in [2.75, 3.05) is 19.7 Å². The number of ether oxygens (including phenoxy) is 1. The summed E-state index contributed by atoms with van der Waals surface area (Å²) in [6.45, 7) is 9.89. The summed E-state index contributed by atoms with van der Waals surface area (Å²) in [5.74, 6) is -0.328. The number of likely N-dealkylation sites (tertiary alicyclic amines) is 1. The van der Waals surface area contributed by atoms with E-state index in [9.17, 15) is 14.7 Å². The highest BCUT2D eigenvalue weighted by molar-refractivity contribution is 5.87. The molecule has 1 fully saturated rings. The van der Waals surface area contributed by atoms with Crippen molar-refractivity contribution in [3.8, 4) is 0 Å². The molecular formula is C15H26N2O4. The topological polar surface area (TPSA) is 78.9 Å². The predicted molar refractivity (Wildman–Crippen MR) is 79.7 cm³/mol. The van der Waals surface area contributed by atoms with Crippen LogP contribution in [0.15, 0.2) is 12.7 Å². The van der Waals surface area contributed by atoms with Crippen LogP contribution >= 0.6 is 0 Å². The molecule has 0 spiro atoms. The van der Waals surface area contributed by atoms with Gasteiger partial charge in [-0.3, -0.25) is 4.79 Å². The SMILES string of the molecule is C=CC(=O)NC1CCN(C(=O)OC(C)(C)C)CCC1CO. The third-order valence-electron chi connectivity index (χ3n) is 3.45. The summed E-state index contributed by atoms with van der Waals surface area (Å²) < 4.78 is 5.36. The van der Waals surface area contributed by atoms with Gasteiger partial charge in [0.25, 0.3) is 0 Å². The first-order valence-electron chi connectivity index (χ1n) is 7.28. The normalized spacial score (nSPS) is 23.1. The lowest BCUT2D eigenvalue weighted by molar-refractivity contribution is -0.117. The van der Waals surface area contributed by atoms with E-state index in [0.717, 1.165) is 0 Å². The number of nitrogens with one attached hydrogen (secondary N) is 1. The van der Waals surface area contributed by atoms with Crippen LogP contribution < -0.4 is 5.32 Å². The molecule has 0 aromatic rings. The highest BCUT2D eigenvalue weighted by Gasteiger charge is 2.30. The van der Waals surface area contributed by atoms with Crippen LogP contribution in [0.1, 0.15) is 33.6 Å². The van der Waals surface area contributed by atoms with E-state index in [-0.39, 0.29) is 30.6 Å². The molecule has 1 heterocycles. The third-order valence-corrected chi connectivity index (χ3v) is 3.45. The first-order valence-corrected chi connectivity index (χ1v) is 7.28. The number of hydrogen-bond acceptors (Lipinski definition) is 4. The van der Waals surface area contributed by atoms with Crippen LogP contribution in [0, 0.1) is 5.92 Å². The highest BCUT2D eigenvalue weighted by Crippen LogP contribution is 2.20. The predicted octanol–water partition coefficient (Wildman–Crippen LogP) is 1.30. The zero-order chi connectivity index (χ0) is 16.0. The Balaban J connectivity index is 2.66. The van der Waals surface area contributed by atoms with Gasteiger partial charge in [0, 0.05) is 31.7 Å². The van der Waals surface area contributed by atoms with Gasteiger partial charge in [0.05, 0.1) is 0 Å². The fourth-order valence-electron chi connectivity index (χ4n) is 2.32. The van der Waals surface area contributed by atoms with E-state index in [1.165, 1.54) is 6.08 Å². The molecule has 1 saturated heterocycles. The van der Waals surface area contributed by atoms with Gasteiger partial charge in [-0.05, 0) is 39.7 Å². The highest BCUT2D eigenvalue weighted by atomic mass is 16.6. The molecule has 0 saturated carbocycles. The Kier molecular flexibility index (Phi) is 6.20. The van der Waals surface area contributed by atoms with Crippen LogP contribution in [-0.2, 0) is 9.53 Å². The van der Waals surface area contributed by atoms with Crippen molar-refractivity contribution in [2.45, 2.75) is 45.3 Å². The summed E-state index contributed by atoms with van der Waals surface area (Å²) >= 11 is 0. The van der Waals surface area contributed by atoms with Crippen LogP contribution in [0.3, 0.4) is 0 Å². The molecule has 0 aliphatic carbocycles. The molecule has 1 aliphatic heterocycles. The molecule has 2 amide bonds. The Morgan fingerprint density at radius 2 is 2.00 bits per heavy atom. The molecular weight excluding hydrogens is 272 g/mol. The van der Waals surface area contributed by atoms with Crippen LogP contribution in [-0.4, -0.2) is 53.3 Å². The van der Waals surface area contributed by atoms with Crippen LogP contribution in [0.4, 0.5) is 4.79 Å². The van der Waals surface area contributed by atoms with Crippen LogP contribution in [0.5, 0.6) is 0 Å². The average molecular weight is 298 g/mol. The molecule has 0 aromatic heterocycles. The second-order valence-corrected chi connectivity index (χ2v) is 6.31. The molecule has 1 aliphatic rings. The summed E-state index contributed by atoms with van der Waals surface area (Å²) in [7, 11) is 0. The quantitative estimate of drug-likeness (QED) is 0.770. The minimum Gasteiger partial charge on any atom is -0.444 e. The maximum atomic E-state index is 12.1. The van der Waals surface area contributed by atoms with Crippen molar-refractivity contribution in [3.05, 3.63) is 12.7 Å². The number of carbonyl (C=O) groups excluding carboxylic acids is 2. The first kappa shape index (κ1) is 17.5. The van der Waals surface area contributed by atoms with Gasteiger partial charge in [-0.2, -0.15) is 0 Å². The average Bonchev–Trinajstić information content (AvgIpc) is 2.59. The monoisotopic (exact) mass is 298 g/mol. The molecule has 2 unspecified atom stereocenters. The Morgan fingerprint density at radius 1 is 1.38 bits per heavy atom. The van der Waals surface area contributed by atoms with Gasteiger partial charge < -0.3 is 20.1 Å². The Bertz CT molecular complexity index is 390. The number of carbonyl (C=O) groups is 2. The van der Waals surface area contributed by atoms with Crippen molar-refractivity contribution >= 4 is 12.0 Å². The lowest BCUT2D eigenvalue weighted by atomic mass is 9.96. The standard InChI is InChI=1S/C15H26N2O4/c1-5-13(19)16-12-7-9-17(8-6-11(12)10-18)14(20)21-15(2,3)4/h5,11-12,18H,1,6-10H2,2-4H3,(H,16,19). The van der Waals surface area contributed by atoms with Gasteiger partial charge in [0.15, 0.2) is 0 Å². The summed E-state index contributed by atoms with van der Waals surface area (Å²) in [6, 6.07) is -0.159. The van der Waals surface area contributed by atoms with Crippen LogP contribution in [0.25, 0.3) is 0 Å². The number of nitrogens with zero attached hydrogens (tertiary/aromatic N) is 1. The maximum Gasteiger partial charge on any atom is 0.410 e. The molecule has 2 atom stereocenters. The minimum atomic E-state index is -0.532. The number of aliphatic hydroxyl groups is 1. The second-order valence-electron chi connectivity index (χ2n) is 6.31. The molecule has 0 bridgehead atoms. The van der Waals surface area contributed by atoms with Crippen molar-refractivity contribution in [1.29, 1.82) is 0 Å². The minimum absolute atomic E-state index is 0.0236. The fourth-order valence-corrected chi connectivity index (χ4v) is 2.32. The lowest BCUT2D eigenvalue weighted by Crippen LogP contribution is -2.41. The molecule has 6 heteroatoms. The van der Waals surface area contributed by atoms with E-state index in [0.29, 0.717) is 25.9 Å². The Hall–Kier alpha value is -1.56. The largest absolute Gasteiger partial charge is 0.444 e. The van der Waals surface area contributed by atoms with Crippen molar-refractivity contribution in [2.24, 2.45) is 5.92 Å². The zero-order valence-electron chi connectivity index (χ0n) is 13.1. The van der Waals surface area contributed by atoms with Gasteiger partial charge in [-0.1, -0.05) is 6.58 Å². The van der Waals surface area contributed by atoms with E-state index in [4.69, 9.17) is 4.74 Å². The summed E-state index contributed by atoms with van der Waals surface area (Å²) in [4.78, 5) is 25.2. The Morgan fingerprint density at radius 3 is 2.52 bits per heavy atom. The first-order chi connectivity index (χ1) is 9.76. The van der Waals surface area contributed by atoms with Crippen LogP contribution in [0.2, 0.25) is 0 Å². The summed E-state index contributed by atoms with van der Waals surface area (Å²) in [5.41, 5.74) is -0.532. The molecule has 0 aromatic carbocycles. The number of hydrogen-bond donors (Lipinski definition) is 2. The summed E-state index contributed by atoms with van der Waals surface area (Å²) in [5, 5.41) is 12.3. The van der Waals surface area contributed by atoms with E-state index in [1.54, 1.807) is 4.90 Å². The van der Waals surface area contributed by atoms with Crippen molar-refractivity contribution < 1.29 is 19.4 Å². The van der Waals surface area contributed by atoms with E-state index < -0.39 is 5.60 Å². The lowest BCUT2D eigenvalue weighted by Gasteiger charge is -2.26. The van der Waals surface area contributed by atoms with Gasteiger partial charge >= 0.3 is 6.09 Å². The molecule has 120 valence electrons.